The van der Waals surface area contributed by atoms with Gasteiger partial charge in [0.2, 0.25) is 5.91 Å². The van der Waals surface area contributed by atoms with E-state index in [0.717, 1.165) is 29.8 Å². The number of hydrogen-bond acceptors (Lipinski definition) is 4. The molecule has 0 radical (unpaired) electrons. The Bertz CT molecular complexity index is 759. The first kappa shape index (κ1) is 23.5. The molecule has 0 aliphatic heterocycles. The number of hydrogen-bond donors (Lipinski definition) is 2. The van der Waals surface area contributed by atoms with Crippen LogP contribution in [0.4, 0.5) is 5.69 Å². The maximum absolute atomic E-state index is 12.7. The number of nitrogens with two attached hydrogens (primary N) is 1. The molecule has 2 unspecified atom stereocenters. The molecule has 5 nitrogen and oxygen atoms in total. The maximum atomic E-state index is 12.7. The predicted molar refractivity (Wildman–Crippen MR) is 120 cm³/mol. The van der Waals surface area contributed by atoms with Crippen molar-refractivity contribution in [1.29, 1.82) is 0 Å². The lowest BCUT2D eigenvalue weighted by Crippen LogP contribution is -2.48. The van der Waals surface area contributed by atoms with Crippen molar-refractivity contribution in [3.8, 4) is 5.75 Å². The average Bonchev–Trinajstić information content (AvgIpc) is 2.68. The Labute approximate surface area is 184 Å². The summed E-state index contributed by atoms with van der Waals surface area (Å²) in [7, 11) is 0. The Morgan fingerprint density at radius 1 is 1.03 bits per heavy atom. The minimum absolute atomic E-state index is 0. The van der Waals surface area contributed by atoms with Crippen molar-refractivity contribution in [3.05, 3.63) is 54.4 Å². The second-order valence-corrected chi connectivity index (χ2v) is 7.85. The van der Waals surface area contributed by atoms with Crippen molar-refractivity contribution in [2.24, 2.45) is 23.5 Å². The molecule has 1 aromatic carbocycles. The minimum atomic E-state index is 0. The summed E-state index contributed by atoms with van der Waals surface area (Å²) in [6.07, 6.45) is 8.97. The fourth-order valence-corrected chi connectivity index (χ4v) is 4.53. The summed E-state index contributed by atoms with van der Waals surface area (Å²) in [5, 5.41) is 3.07. The number of halogens is 2. The first-order valence-electron chi connectivity index (χ1n) is 9.87. The second-order valence-electron chi connectivity index (χ2n) is 7.85. The lowest BCUT2D eigenvalue weighted by atomic mass is 9.65. The van der Waals surface area contributed by atoms with E-state index in [2.05, 4.69) is 10.3 Å². The summed E-state index contributed by atoms with van der Waals surface area (Å²) in [4.78, 5) is 16.7. The number of rotatable bonds is 5. The van der Waals surface area contributed by atoms with Crippen LogP contribution in [-0.2, 0) is 11.4 Å². The van der Waals surface area contributed by atoms with Crippen LogP contribution in [0, 0.1) is 17.8 Å². The van der Waals surface area contributed by atoms with Gasteiger partial charge in [-0.05, 0) is 79.5 Å². The van der Waals surface area contributed by atoms with Gasteiger partial charge in [0.25, 0.3) is 0 Å². The quantitative estimate of drug-likeness (QED) is 0.716. The Morgan fingerprint density at radius 3 is 2.28 bits per heavy atom. The number of nitrogens with zero attached hydrogens (tertiary/aromatic N) is 1. The smallest absolute Gasteiger partial charge is 0.227 e. The number of carbonyl (C=O) groups excluding carboxylic acids is 1. The topological polar surface area (TPSA) is 77.2 Å². The van der Waals surface area contributed by atoms with E-state index in [0.29, 0.717) is 24.5 Å². The van der Waals surface area contributed by atoms with Crippen LogP contribution >= 0.6 is 24.8 Å². The summed E-state index contributed by atoms with van der Waals surface area (Å²) in [5.74, 6) is 2.02. The highest BCUT2D eigenvalue weighted by Crippen LogP contribution is 2.42. The molecule has 2 bridgehead atoms. The number of anilines is 1. The molecule has 0 spiro atoms. The number of fused-ring (bicyclic) bond motifs is 2. The van der Waals surface area contributed by atoms with Crippen LogP contribution in [0.2, 0.25) is 0 Å². The summed E-state index contributed by atoms with van der Waals surface area (Å²) in [6.45, 7) is 0.499. The molecule has 0 saturated heterocycles. The molecular formula is C22H29Cl2N3O2. The molecule has 2 aromatic rings. The number of nitrogens with one attached hydrogen (secondary N) is 1. The third-order valence-electron chi connectivity index (χ3n) is 6.06. The number of aromatic nitrogens is 1. The van der Waals surface area contributed by atoms with Crippen LogP contribution in [-0.4, -0.2) is 16.9 Å². The normalized spacial score (nSPS) is 25.1. The van der Waals surface area contributed by atoms with Gasteiger partial charge in [-0.25, -0.2) is 0 Å². The van der Waals surface area contributed by atoms with Crippen LogP contribution in [0.1, 0.15) is 37.7 Å². The number of carbonyl (C=O) groups is 1. The summed E-state index contributed by atoms with van der Waals surface area (Å²) in [5.41, 5.74) is 8.23. The monoisotopic (exact) mass is 437 g/mol. The third kappa shape index (κ3) is 5.84. The first-order valence-corrected chi connectivity index (χ1v) is 9.87. The molecule has 29 heavy (non-hydrogen) atoms. The van der Waals surface area contributed by atoms with Gasteiger partial charge in [0.15, 0.2) is 0 Å². The molecular weight excluding hydrogens is 409 g/mol. The van der Waals surface area contributed by atoms with Crippen molar-refractivity contribution in [2.45, 2.75) is 44.8 Å². The van der Waals surface area contributed by atoms with Gasteiger partial charge < -0.3 is 15.8 Å². The first-order chi connectivity index (χ1) is 13.2. The molecule has 1 heterocycles. The fourth-order valence-electron chi connectivity index (χ4n) is 4.53. The number of amides is 1. The van der Waals surface area contributed by atoms with E-state index in [9.17, 15) is 4.79 Å². The lowest BCUT2D eigenvalue weighted by Gasteiger charge is -2.43. The van der Waals surface area contributed by atoms with Gasteiger partial charge in [-0.1, -0.05) is 6.42 Å². The zero-order chi connectivity index (χ0) is 18.6. The molecule has 1 amide bonds. The van der Waals surface area contributed by atoms with Crippen LogP contribution in [0.15, 0.2) is 48.8 Å². The summed E-state index contributed by atoms with van der Waals surface area (Å²) < 4.78 is 5.78. The molecule has 2 aliphatic carbocycles. The molecule has 2 saturated carbocycles. The molecule has 7 heteroatoms. The van der Waals surface area contributed by atoms with Crippen LogP contribution in [0.5, 0.6) is 5.75 Å². The van der Waals surface area contributed by atoms with Gasteiger partial charge in [0.1, 0.15) is 12.4 Å². The van der Waals surface area contributed by atoms with Gasteiger partial charge in [0.05, 0.1) is 0 Å². The highest BCUT2D eigenvalue weighted by molar-refractivity contribution is 5.92. The van der Waals surface area contributed by atoms with Crippen LogP contribution in [0.3, 0.4) is 0 Å². The molecule has 4 rings (SSSR count). The standard InChI is InChI=1S/C22H27N3O2.2ClH/c23-21-16-2-1-3-17(21)13-18(12-16)22(26)25-19-4-6-20(7-5-19)27-14-15-8-10-24-11-9-15;;/h4-11,16-18,21H,1-3,12-14,23H2,(H,25,26);2*1H. The van der Waals surface area contributed by atoms with Gasteiger partial charge in [-0.15, -0.1) is 24.8 Å². The molecule has 2 aliphatic rings. The minimum Gasteiger partial charge on any atom is -0.489 e. The number of ether oxygens (including phenoxy) is 1. The zero-order valence-corrected chi connectivity index (χ0v) is 18.0. The Kier molecular flexibility index (Phi) is 8.75. The SMILES string of the molecule is Cl.Cl.NC1C2CCCC1CC(C(=O)Nc1ccc(OCc3ccncc3)cc1)C2. The summed E-state index contributed by atoms with van der Waals surface area (Å²) in [6, 6.07) is 11.7. The van der Waals surface area contributed by atoms with Crippen molar-refractivity contribution >= 4 is 36.4 Å². The highest BCUT2D eigenvalue weighted by atomic mass is 35.5. The Balaban J connectivity index is 0.00000150. The zero-order valence-electron chi connectivity index (χ0n) is 16.3. The fraction of sp³-hybridized carbons (Fsp3) is 0.455. The van der Waals surface area contributed by atoms with E-state index in [1.807, 2.05) is 36.4 Å². The van der Waals surface area contributed by atoms with E-state index in [1.165, 1.54) is 19.3 Å². The van der Waals surface area contributed by atoms with Gasteiger partial charge >= 0.3 is 0 Å². The second kappa shape index (κ2) is 10.8. The third-order valence-corrected chi connectivity index (χ3v) is 6.06. The van der Waals surface area contributed by atoms with Crippen LogP contribution < -0.4 is 15.8 Å². The van der Waals surface area contributed by atoms with E-state index < -0.39 is 0 Å². The van der Waals surface area contributed by atoms with E-state index >= 15 is 0 Å². The van der Waals surface area contributed by atoms with Crippen molar-refractivity contribution in [1.82, 2.24) is 4.98 Å². The maximum Gasteiger partial charge on any atom is 0.227 e. The van der Waals surface area contributed by atoms with Gasteiger partial charge in [-0.2, -0.15) is 0 Å². The lowest BCUT2D eigenvalue weighted by molar-refractivity contribution is -0.122. The molecule has 2 fully saturated rings. The predicted octanol–water partition coefficient (Wildman–Crippen LogP) is 4.60. The highest BCUT2D eigenvalue weighted by Gasteiger charge is 2.40. The largest absolute Gasteiger partial charge is 0.489 e. The van der Waals surface area contributed by atoms with Crippen molar-refractivity contribution in [2.75, 3.05) is 5.32 Å². The van der Waals surface area contributed by atoms with E-state index in [-0.39, 0.29) is 36.6 Å². The van der Waals surface area contributed by atoms with Crippen molar-refractivity contribution in [3.63, 3.8) is 0 Å². The Hall–Kier alpha value is -1.82. The molecule has 2 atom stereocenters. The number of benzene rings is 1. The molecule has 3 N–H and O–H groups in total. The number of pyridine rings is 1. The van der Waals surface area contributed by atoms with Gasteiger partial charge in [-0.3, -0.25) is 9.78 Å². The van der Waals surface area contributed by atoms with Gasteiger partial charge in [0, 0.05) is 30.0 Å². The van der Waals surface area contributed by atoms with E-state index in [4.69, 9.17) is 10.5 Å². The molecule has 158 valence electrons. The van der Waals surface area contributed by atoms with Crippen molar-refractivity contribution < 1.29 is 9.53 Å². The van der Waals surface area contributed by atoms with E-state index in [1.54, 1.807) is 12.4 Å². The average molecular weight is 438 g/mol. The Morgan fingerprint density at radius 2 is 1.66 bits per heavy atom. The molecule has 1 aromatic heterocycles. The summed E-state index contributed by atoms with van der Waals surface area (Å²) >= 11 is 0. The van der Waals surface area contributed by atoms with Crippen LogP contribution in [0.25, 0.3) is 0 Å².